The summed E-state index contributed by atoms with van der Waals surface area (Å²) in [5.41, 5.74) is 0.557. The molecule has 0 fully saturated rings. The lowest BCUT2D eigenvalue weighted by molar-refractivity contribution is 0.0493. The monoisotopic (exact) mass is 474 g/mol. The van der Waals surface area contributed by atoms with E-state index in [2.05, 4.69) is 13.8 Å². The summed E-state index contributed by atoms with van der Waals surface area (Å²) in [6.45, 7) is 5.70. The molecule has 0 heterocycles. The lowest BCUT2D eigenvalue weighted by atomic mass is 10.1. The van der Waals surface area contributed by atoms with Crippen LogP contribution < -0.4 is 4.74 Å². The normalized spacial score (nSPS) is 11.0. The Morgan fingerprint density at radius 2 is 0.971 bits per heavy atom. The van der Waals surface area contributed by atoms with Crippen LogP contribution in [0.1, 0.15) is 153 Å². The average Bonchev–Trinajstić information content (AvgIpc) is 2.86. The van der Waals surface area contributed by atoms with Crippen molar-refractivity contribution in [3.8, 4) is 5.75 Å². The second-order valence-corrected chi connectivity index (χ2v) is 9.84. The van der Waals surface area contributed by atoms with Crippen molar-refractivity contribution < 1.29 is 14.3 Å². The zero-order valence-electron chi connectivity index (χ0n) is 22.6. The standard InChI is InChI=1S/C31H54O3/c1-3-5-7-9-11-13-15-17-19-23-27-33-30-26-22-21-25-29(30)31(32)34-28-24-20-18-16-14-12-10-8-6-4-2/h21-22,25-26H,3-20,23-24,27-28H2,1-2H3. The summed E-state index contributed by atoms with van der Waals surface area (Å²) < 4.78 is 11.5. The Balaban J connectivity index is 2.07. The van der Waals surface area contributed by atoms with E-state index in [0.717, 1.165) is 19.3 Å². The Bertz CT molecular complexity index is 584. The van der Waals surface area contributed by atoms with Crippen LogP contribution in [0.3, 0.4) is 0 Å². The summed E-state index contributed by atoms with van der Waals surface area (Å²) in [6.07, 6.45) is 25.9. The highest BCUT2D eigenvalue weighted by atomic mass is 16.5. The van der Waals surface area contributed by atoms with Crippen LogP contribution in [0.15, 0.2) is 24.3 Å². The van der Waals surface area contributed by atoms with Crippen LogP contribution >= 0.6 is 0 Å². The molecule has 0 aromatic heterocycles. The first-order chi connectivity index (χ1) is 16.8. The van der Waals surface area contributed by atoms with Gasteiger partial charge in [0.2, 0.25) is 0 Å². The summed E-state index contributed by atoms with van der Waals surface area (Å²) >= 11 is 0. The predicted octanol–water partition coefficient (Wildman–Crippen LogP) is 10.1. The Morgan fingerprint density at radius 3 is 1.47 bits per heavy atom. The maximum Gasteiger partial charge on any atom is 0.341 e. The highest BCUT2D eigenvalue weighted by molar-refractivity contribution is 5.92. The molecule has 34 heavy (non-hydrogen) atoms. The molecule has 0 N–H and O–H groups in total. The first-order valence-corrected chi connectivity index (χ1v) is 14.7. The molecule has 1 rings (SSSR count). The van der Waals surface area contributed by atoms with Crippen LogP contribution in [0, 0.1) is 0 Å². The number of ether oxygens (including phenoxy) is 2. The van der Waals surface area contributed by atoms with Crippen LogP contribution in [0.25, 0.3) is 0 Å². The Labute approximate surface area is 211 Å². The minimum absolute atomic E-state index is 0.255. The maximum absolute atomic E-state index is 12.5. The van der Waals surface area contributed by atoms with E-state index < -0.39 is 0 Å². The molecule has 196 valence electrons. The third kappa shape index (κ3) is 17.0. The number of rotatable bonds is 24. The third-order valence-corrected chi connectivity index (χ3v) is 6.59. The van der Waals surface area contributed by atoms with E-state index in [1.807, 2.05) is 24.3 Å². The third-order valence-electron chi connectivity index (χ3n) is 6.59. The van der Waals surface area contributed by atoms with Crippen molar-refractivity contribution in [1.82, 2.24) is 0 Å². The molecule has 0 aliphatic heterocycles. The van der Waals surface area contributed by atoms with Crippen molar-refractivity contribution in [3.05, 3.63) is 29.8 Å². The summed E-state index contributed by atoms with van der Waals surface area (Å²) in [4.78, 5) is 12.5. The van der Waals surface area contributed by atoms with Gasteiger partial charge >= 0.3 is 5.97 Å². The van der Waals surface area contributed by atoms with E-state index in [9.17, 15) is 4.79 Å². The lowest BCUT2D eigenvalue weighted by Crippen LogP contribution is -2.09. The first kappa shape index (κ1) is 30.5. The molecule has 0 radical (unpaired) electrons. The Kier molecular flexibility index (Phi) is 20.9. The number of unbranched alkanes of at least 4 members (excludes halogenated alkanes) is 18. The van der Waals surface area contributed by atoms with Gasteiger partial charge in [-0.1, -0.05) is 142 Å². The molecule has 0 bridgehead atoms. The van der Waals surface area contributed by atoms with Gasteiger partial charge in [-0.25, -0.2) is 4.79 Å². The van der Waals surface area contributed by atoms with E-state index in [1.54, 1.807) is 0 Å². The van der Waals surface area contributed by atoms with E-state index in [0.29, 0.717) is 24.5 Å². The number of benzene rings is 1. The molecule has 0 aliphatic rings. The van der Waals surface area contributed by atoms with E-state index >= 15 is 0 Å². The van der Waals surface area contributed by atoms with Gasteiger partial charge < -0.3 is 9.47 Å². The zero-order valence-corrected chi connectivity index (χ0v) is 22.6. The Morgan fingerprint density at radius 1 is 0.559 bits per heavy atom. The van der Waals surface area contributed by atoms with Crippen LogP contribution in [-0.4, -0.2) is 19.2 Å². The second kappa shape index (κ2) is 23.2. The van der Waals surface area contributed by atoms with Crippen LogP contribution in [0.2, 0.25) is 0 Å². The number of hydrogen-bond donors (Lipinski definition) is 0. The topological polar surface area (TPSA) is 35.5 Å². The van der Waals surface area contributed by atoms with Crippen molar-refractivity contribution in [3.63, 3.8) is 0 Å². The molecule has 0 saturated heterocycles. The SMILES string of the molecule is CCCCCCCCCCCCOC(=O)c1ccccc1OCCCCCCCCCCCC. The van der Waals surface area contributed by atoms with Crippen molar-refractivity contribution in [2.75, 3.05) is 13.2 Å². The van der Waals surface area contributed by atoms with Crippen molar-refractivity contribution >= 4 is 5.97 Å². The molecule has 0 unspecified atom stereocenters. The maximum atomic E-state index is 12.5. The minimum atomic E-state index is -0.255. The van der Waals surface area contributed by atoms with Crippen molar-refractivity contribution in [2.45, 2.75) is 142 Å². The van der Waals surface area contributed by atoms with Gasteiger partial charge in [-0.15, -0.1) is 0 Å². The quantitative estimate of drug-likeness (QED) is 0.110. The molecular weight excluding hydrogens is 420 g/mol. The number of para-hydroxylation sites is 1. The second-order valence-electron chi connectivity index (χ2n) is 9.84. The van der Waals surface area contributed by atoms with E-state index in [1.165, 1.54) is 109 Å². The molecule has 3 nitrogen and oxygen atoms in total. The largest absolute Gasteiger partial charge is 0.493 e. The van der Waals surface area contributed by atoms with Gasteiger partial charge in [0.15, 0.2) is 0 Å². The lowest BCUT2D eigenvalue weighted by Gasteiger charge is -2.11. The fraction of sp³-hybridized carbons (Fsp3) is 0.774. The number of esters is 1. The van der Waals surface area contributed by atoms with E-state index in [4.69, 9.17) is 9.47 Å². The van der Waals surface area contributed by atoms with Crippen LogP contribution in [0.4, 0.5) is 0 Å². The molecule has 0 saturated carbocycles. The van der Waals surface area contributed by atoms with E-state index in [-0.39, 0.29) is 5.97 Å². The smallest absolute Gasteiger partial charge is 0.341 e. The van der Waals surface area contributed by atoms with Gasteiger partial charge in [0.25, 0.3) is 0 Å². The highest BCUT2D eigenvalue weighted by Crippen LogP contribution is 2.20. The molecule has 0 spiro atoms. The molecule has 1 aromatic carbocycles. The van der Waals surface area contributed by atoms with Crippen LogP contribution in [-0.2, 0) is 4.74 Å². The molecule has 1 aromatic rings. The molecular formula is C31H54O3. The fourth-order valence-electron chi connectivity index (χ4n) is 4.36. The number of carbonyl (C=O) groups is 1. The minimum Gasteiger partial charge on any atom is -0.493 e. The van der Waals surface area contributed by atoms with Gasteiger partial charge in [0.05, 0.1) is 13.2 Å². The van der Waals surface area contributed by atoms with Crippen molar-refractivity contribution in [2.24, 2.45) is 0 Å². The fourth-order valence-corrected chi connectivity index (χ4v) is 4.36. The molecule has 0 aliphatic carbocycles. The van der Waals surface area contributed by atoms with Crippen molar-refractivity contribution in [1.29, 1.82) is 0 Å². The molecule has 0 amide bonds. The molecule has 3 heteroatoms. The number of hydrogen-bond acceptors (Lipinski definition) is 3. The summed E-state index contributed by atoms with van der Waals surface area (Å²) in [6, 6.07) is 7.50. The summed E-state index contributed by atoms with van der Waals surface area (Å²) in [5.74, 6) is 0.404. The number of carbonyl (C=O) groups excluding carboxylic acids is 1. The van der Waals surface area contributed by atoms with Crippen LogP contribution in [0.5, 0.6) is 5.75 Å². The first-order valence-electron chi connectivity index (χ1n) is 14.7. The van der Waals surface area contributed by atoms with Gasteiger partial charge in [0, 0.05) is 0 Å². The average molecular weight is 475 g/mol. The van der Waals surface area contributed by atoms with Gasteiger partial charge in [-0.3, -0.25) is 0 Å². The predicted molar refractivity (Wildman–Crippen MR) is 146 cm³/mol. The summed E-state index contributed by atoms with van der Waals surface area (Å²) in [7, 11) is 0. The highest BCUT2D eigenvalue weighted by Gasteiger charge is 2.13. The van der Waals surface area contributed by atoms with Gasteiger partial charge in [-0.2, -0.15) is 0 Å². The zero-order chi connectivity index (χ0) is 24.5. The van der Waals surface area contributed by atoms with Gasteiger partial charge in [-0.05, 0) is 25.0 Å². The Hall–Kier alpha value is -1.51. The summed E-state index contributed by atoms with van der Waals surface area (Å²) in [5, 5.41) is 0. The van der Waals surface area contributed by atoms with Gasteiger partial charge in [0.1, 0.15) is 11.3 Å². The molecule has 0 atom stereocenters.